The van der Waals surface area contributed by atoms with E-state index in [0.29, 0.717) is 11.9 Å². The van der Waals surface area contributed by atoms with E-state index in [0.717, 1.165) is 57.0 Å². The van der Waals surface area contributed by atoms with Crippen LogP contribution < -0.4 is 10.2 Å². The lowest BCUT2D eigenvalue weighted by atomic mass is 9.94. The molecule has 0 aliphatic carbocycles. The zero-order valence-corrected chi connectivity index (χ0v) is 15.2. The van der Waals surface area contributed by atoms with E-state index in [1.165, 1.54) is 0 Å². The van der Waals surface area contributed by atoms with Gasteiger partial charge in [-0.25, -0.2) is 0 Å². The van der Waals surface area contributed by atoms with Crippen LogP contribution in [0.5, 0.6) is 0 Å². The van der Waals surface area contributed by atoms with Crippen LogP contribution in [-0.4, -0.2) is 69.4 Å². The summed E-state index contributed by atoms with van der Waals surface area (Å²) in [4.78, 5) is 17.1. The van der Waals surface area contributed by atoms with Crippen LogP contribution in [0.15, 0.2) is 18.5 Å². The first-order valence-corrected chi connectivity index (χ1v) is 8.65. The minimum atomic E-state index is 0. The van der Waals surface area contributed by atoms with Crippen LogP contribution in [0.1, 0.15) is 19.8 Å². The summed E-state index contributed by atoms with van der Waals surface area (Å²) in [5.41, 5.74) is 0.747. The summed E-state index contributed by atoms with van der Waals surface area (Å²) in [6.07, 6.45) is 3.38. The molecular formula is C16H24ClN7O. The molecule has 1 amide bonds. The minimum Gasteiger partial charge on any atom is -0.355 e. The van der Waals surface area contributed by atoms with Gasteiger partial charge in [0.2, 0.25) is 5.91 Å². The van der Waals surface area contributed by atoms with E-state index in [4.69, 9.17) is 0 Å². The first kappa shape index (κ1) is 17.9. The van der Waals surface area contributed by atoms with Gasteiger partial charge in [-0.05, 0) is 31.9 Å². The molecule has 2 aliphatic rings. The molecule has 25 heavy (non-hydrogen) atoms. The third-order valence-corrected chi connectivity index (χ3v) is 5.10. The molecule has 1 N–H and O–H groups in total. The number of hydrogen-bond donors (Lipinski definition) is 1. The lowest BCUT2D eigenvalue weighted by Crippen LogP contribution is -2.54. The number of nitrogens with zero attached hydrogens (tertiary/aromatic N) is 6. The lowest BCUT2D eigenvalue weighted by Gasteiger charge is -2.39. The Labute approximate surface area is 153 Å². The fourth-order valence-corrected chi connectivity index (χ4v) is 3.65. The highest BCUT2D eigenvalue weighted by Gasteiger charge is 2.32. The molecular weight excluding hydrogens is 342 g/mol. The number of piperidine rings is 1. The van der Waals surface area contributed by atoms with Crippen molar-refractivity contribution in [3.05, 3.63) is 18.5 Å². The summed E-state index contributed by atoms with van der Waals surface area (Å²) in [7, 11) is 0. The zero-order valence-electron chi connectivity index (χ0n) is 14.3. The molecule has 2 aliphatic heterocycles. The number of carbonyl (C=O) groups excluding carboxylic acids is 1. The standard InChI is InChI=1S/C16H23N7O.ClH/c1-12-10-17-6-9-22(12)16(24)13-4-7-21(8-5-13)15-3-2-14-19-18-11-23(14)20-15;/h2-3,11-13,17H,4-10H2,1H3;1H/t12-;/m0./s1. The summed E-state index contributed by atoms with van der Waals surface area (Å²) in [5.74, 6) is 1.38. The monoisotopic (exact) mass is 365 g/mol. The molecule has 1 atom stereocenters. The average Bonchev–Trinajstić information content (AvgIpc) is 3.09. The molecule has 2 saturated heterocycles. The summed E-state index contributed by atoms with van der Waals surface area (Å²) in [5, 5.41) is 15.7. The number of amides is 1. The molecule has 2 aromatic heterocycles. The molecule has 0 spiro atoms. The van der Waals surface area contributed by atoms with Gasteiger partial charge in [0.05, 0.1) is 0 Å². The number of rotatable bonds is 2. The van der Waals surface area contributed by atoms with Crippen molar-refractivity contribution in [2.75, 3.05) is 37.6 Å². The average molecular weight is 366 g/mol. The van der Waals surface area contributed by atoms with Gasteiger partial charge in [-0.15, -0.1) is 27.7 Å². The van der Waals surface area contributed by atoms with Gasteiger partial charge in [0.15, 0.2) is 5.65 Å². The molecule has 0 saturated carbocycles. The Morgan fingerprint density at radius 3 is 2.80 bits per heavy atom. The van der Waals surface area contributed by atoms with Crippen LogP contribution in [0.3, 0.4) is 0 Å². The number of aromatic nitrogens is 4. The van der Waals surface area contributed by atoms with Gasteiger partial charge < -0.3 is 15.1 Å². The van der Waals surface area contributed by atoms with Crippen molar-refractivity contribution in [1.29, 1.82) is 0 Å². The van der Waals surface area contributed by atoms with Gasteiger partial charge in [-0.1, -0.05) is 0 Å². The highest BCUT2D eigenvalue weighted by Crippen LogP contribution is 2.24. The largest absolute Gasteiger partial charge is 0.355 e. The fourth-order valence-electron chi connectivity index (χ4n) is 3.65. The second-order valence-corrected chi connectivity index (χ2v) is 6.67. The van der Waals surface area contributed by atoms with E-state index in [-0.39, 0.29) is 18.3 Å². The van der Waals surface area contributed by atoms with Crippen LogP contribution >= 0.6 is 12.4 Å². The molecule has 2 fully saturated rings. The molecule has 4 heterocycles. The van der Waals surface area contributed by atoms with Crippen molar-refractivity contribution in [2.24, 2.45) is 5.92 Å². The van der Waals surface area contributed by atoms with Crippen LogP contribution in [-0.2, 0) is 4.79 Å². The lowest BCUT2D eigenvalue weighted by molar-refractivity contribution is -0.139. The molecule has 0 unspecified atom stereocenters. The first-order valence-electron chi connectivity index (χ1n) is 8.65. The van der Waals surface area contributed by atoms with Crippen LogP contribution in [0.4, 0.5) is 5.82 Å². The van der Waals surface area contributed by atoms with Crippen molar-refractivity contribution in [3.63, 3.8) is 0 Å². The summed E-state index contributed by atoms with van der Waals surface area (Å²) < 4.78 is 1.69. The minimum absolute atomic E-state index is 0. The van der Waals surface area contributed by atoms with Gasteiger partial charge in [0.1, 0.15) is 12.1 Å². The third kappa shape index (κ3) is 3.55. The maximum absolute atomic E-state index is 12.8. The van der Waals surface area contributed by atoms with E-state index >= 15 is 0 Å². The molecule has 8 nitrogen and oxygen atoms in total. The Balaban J connectivity index is 0.00000182. The smallest absolute Gasteiger partial charge is 0.226 e. The van der Waals surface area contributed by atoms with Gasteiger partial charge in [0.25, 0.3) is 0 Å². The number of piperazine rings is 1. The maximum Gasteiger partial charge on any atom is 0.226 e. The Bertz CT molecular complexity index is 728. The van der Waals surface area contributed by atoms with E-state index in [2.05, 4.69) is 37.3 Å². The van der Waals surface area contributed by atoms with Gasteiger partial charge in [-0.3, -0.25) is 4.79 Å². The highest BCUT2D eigenvalue weighted by molar-refractivity contribution is 5.85. The number of fused-ring (bicyclic) bond motifs is 1. The molecule has 2 aromatic rings. The number of nitrogens with one attached hydrogen (secondary N) is 1. The number of carbonyl (C=O) groups is 1. The number of anilines is 1. The highest BCUT2D eigenvalue weighted by atomic mass is 35.5. The maximum atomic E-state index is 12.8. The summed E-state index contributed by atoms with van der Waals surface area (Å²) >= 11 is 0. The second kappa shape index (κ2) is 7.53. The zero-order chi connectivity index (χ0) is 16.5. The van der Waals surface area contributed by atoms with Crippen LogP contribution in [0, 0.1) is 5.92 Å². The first-order chi connectivity index (χ1) is 11.7. The van der Waals surface area contributed by atoms with Crippen LogP contribution in [0.2, 0.25) is 0 Å². The van der Waals surface area contributed by atoms with E-state index in [1.807, 2.05) is 12.1 Å². The quantitative estimate of drug-likeness (QED) is 0.838. The molecule has 0 radical (unpaired) electrons. The Hall–Kier alpha value is -1.93. The third-order valence-electron chi connectivity index (χ3n) is 5.10. The summed E-state index contributed by atoms with van der Waals surface area (Å²) in [6.45, 7) is 6.46. The molecule has 0 aromatic carbocycles. The normalized spacial score (nSPS) is 22.0. The Morgan fingerprint density at radius 1 is 1.24 bits per heavy atom. The Morgan fingerprint density at radius 2 is 2.04 bits per heavy atom. The van der Waals surface area contributed by atoms with Gasteiger partial charge in [0, 0.05) is 44.7 Å². The van der Waals surface area contributed by atoms with E-state index in [1.54, 1.807) is 10.8 Å². The van der Waals surface area contributed by atoms with Crippen molar-refractivity contribution >= 4 is 29.8 Å². The SMILES string of the molecule is C[C@H]1CNCCN1C(=O)C1CCN(c2ccc3nncn3n2)CC1.Cl. The number of halogens is 1. The fraction of sp³-hybridized carbons (Fsp3) is 0.625. The predicted molar refractivity (Wildman–Crippen MR) is 97.0 cm³/mol. The van der Waals surface area contributed by atoms with Gasteiger partial charge in [-0.2, -0.15) is 4.52 Å². The van der Waals surface area contributed by atoms with Gasteiger partial charge >= 0.3 is 0 Å². The van der Waals surface area contributed by atoms with Crippen LogP contribution in [0.25, 0.3) is 5.65 Å². The van der Waals surface area contributed by atoms with E-state index in [9.17, 15) is 4.79 Å². The topological polar surface area (TPSA) is 78.7 Å². The van der Waals surface area contributed by atoms with Crippen molar-refractivity contribution in [3.8, 4) is 0 Å². The second-order valence-electron chi connectivity index (χ2n) is 6.67. The molecule has 0 bridgehead atoms. The molecule has 4 rings (SSSR count). The van der Waals surface area contributed by atoms with E-state index < -0.39 is 0 Å². The number of hydrogen-bond acceptors (Lipinski definition) is 6. The molecule has 136 valence electrons. The predicted octanol–water partition coefficient (Wildman–Crippen LogP) is 0.583. The van der Waals surface area contributed by atoms with Crippen molar-refractivity contribution in [2.45, 2.75) is 25.8 Å². The van der Waals surface area contributed by atoms with Crippen molar-refractivity contribution in [1.82, 2.24) is 30.0 Å². The Kier molecular flexibility index (Phi) is 5.39. The molecule has 9 heteroatoms. The van der Waals surface area contributed by atoms with Crippen molar-refractivity contribution < 1.29 is 4.79 Å². The summed E-state index contributed by atoms with van der Waals surface area (Å²) in [6, 6.07) is 4.20.